The summed E-state index contributed by atoms with van der Waals surface area (Å²) in [6, 6.07) is -2.18. The van der Waals surface area contributed by atoms with Crippen molar-refractivity contribution in [3.8, 4) is 0 Å². The van der Waals surface area contributed by atoms with Crippen LogP contribution in [0.5, 0.6) is 0 Å². The molecule has 0 bridgehead atoms. The molecule has 0 aromatic carbocycles. The van der Waals surface area contributed by atoms with E-state index in [9.17, 15) is 19.5 Å². The van der Waals surface area contributed by atoms with Crippen molar-refractivity contribution in [1.29, 1.82) is 0 Å². The van der Waals surface area contributed by atoms with Crippen molar-refractivity contribution < 1.29 is 19.5 Å². The Morgan fingerprint density at radius 1 is 1.42 bits per heavy atom. The highest BCUT2D eigenvalue weighted by Gasteiger charge is 2.38. The second-order valence-corrected chi connectivity index (χ2v) is 7.27. The standard InChI is InChI=1S/C16H29N3O4S/c1-4-10(2)13(17)15(21)19-8-5-6-12(19)14(20)18-11(16(22)23)7-9-24-3/h10-13H,4-9,17H2,1-3H3,(H,18,20)(H,22,23)/t10-,11-,12-,13-/m0/s1. The first-order valence-electron chi connectivity index (χ1n) is 8.41. The highest BCUT2D eigenvalue weighted by Crippen LogP contribution is 2.21. The van der Waals surface area contributed by atoms with Crippen LogP contribution >= 0.6 is 11.8 Å². The zero-order valence-corrected chi connectivity index (χ0v) is 15.5. The van der Waals surface area contributed by atoms with E-state index in [1.807, 2.05) is 20.1 Å². The molecule has 0 aromatic rings. The second kappa shape index (κ2) is 9.88. The molecule has 4 N–H and O–H groups in total. The lowest BCUT2D eigenvalue weighted by atomic mass is 9.98. The molecule has 24 heavy (non-hydrogen) atoms. The molecule has 1 heterocycles. The fourth-order valence-electron chi connectivity index (χ4n) is 2.75. The van der Waals surface area contributed by atoms with Crippen molar-refractivity contribution >= 4 is 29.5 Å². The average Bonchev–Trinajstić information content (AvgIpc) is 3.05. The Balaban J connectivity index is 2.74. The number of likely N-dealkylation sites (tertiary alicyclic amines) is 1. The molecule has 1 aliphatic rings. The van der Waals surface area contributed by atoms with Crippen molar-refractivity contribution in [1.82, 2.24) is 10.2 Å². The predicted octanol–water partition coefficient (Wildman–Crippen LogP) is 0.673. The molecule has 1 saturated heterocycles. The number of hydrogen-bond donors (Lipinski definition) is 3. The number of carboxylic acid groups (broad SMARTS) is 1. The lowest BCUT2D eigenvalue weighted by Crippen LogP contribution is -2.55. The van der Waals surface area contributed by atoms with Gasteiger partial charge in [-0.15, -0.1) is 0 Å². The van der Waals surface area contributed by atoms with E-state index in [2.05, 4.69) is 5.32 Å². The van der Waals surface area contributed by atoms with E-state index in [-0.39, 0.29) is 11.8 Å². The summed E-state index contributed by atoms with van der Waals surface area (Å²) in [5.41, 5.74) is 6.01. The molecular weight excluding hydrogens is 330 g/mol. The first kappa shape index (κ1) is 20.8. The van der Waals surface area contributed by atoms with Crippen LogP contribution in [0.1, 0.15) is 39.5 Å². The van der Waals surface area contributed by atoms with Crippen LogP contribution in [0.25, 0.3) is 0 Å². The average molecular weight is 359 g/mol. The van der Waals surface area contributed by atoms with Crippen LogP contribution in [0.15, 0.2) is 0 Å². The van der Waals surface area contributed by atoms with Crippen LogP contribution < -0.4 is 11.1 Å². The van der Waals surface area contributed by atoms with Gasteiger partial charge >= 0.3 is 5.97 Å². The van der Waals surface area contributed by atoms with E-state index in [4.69, 9.17) is 5.73 Å². The quantitative estimate of drug-likeness (QED) is 0.558. The van der Waals surface area contributed by atoms with Crippen LogP contribution in [-0.2, 0) is 14.4 Å². The van der Waals surface area contributed by atoms with Gasteiger partial charge in [0.1, 0.15) is 12.1 Å². The minimum absolute atomic E-state index is 0.0372. The molecule has 0 radical (unpaired) electrons. The monoisotopic (exact) mass is 359 g/mol. The summed E-state index contributed by atoms with van der Waals surface area (Å²) in [5, 5.41) is 11.8. The molecule has 4 atom stereocenters. The summed E-state index contributed by atoms with van der Waals surface area (Å²) in [5.74, 6) is -0.993. The van der Waals surface area contributed by atoms with Gasteiger partial charge in [-0.2, -0.15) is 11.8 Å². The SMILES string of the molecule is CC[C@H](C)[C@H](N)C(=O)N1CCC[C@H]1C(=O)N[C@@H](CCSC)C(=O)O. The van der Waals surface area contributed by atoms with E-state index >= 15 is 0 Å². The minimum atomic E-state index is -1.05. The Morgan fingerprint density at radius 2 is 2.08 bits per heavy atom. The molecule has 0 aliphatic carbocycles. The number of rotatable bonds is 9. The Labute approximate surface area is 147 Å². The zero-order chi connectivity index (χ0) is 18.3. The number of nitrogens with zero attached hydrogens (tertiary/aromatic N) is 1. The third kappa shape index (κ3) is 5.37. The van der Waals surface area contributed by atoms with Gasteiger partial charge in [-0.3, -0.25) is 9.59 Å². The van der Waals surface area contributed by atoms with Crippen molar-refractivity contribution in [3.63, 3.8) is 0 Å². The van der Waals surface area contributed by atoms with Gasteiger partial charge in [0, 0.05) is 6.54 Å². The number of carbonyl (C=O) groups excluding carboxylic acids is 2. The molecule has 138 valence electrons. The maximum absolute atomic E-state index is 12.6. The first-order valence-corrected chi connectivity index (χ1v) is 9.81. The molecule has 2 amide bonds. The maximum atomic E-state index is 12.6. The fourth-order valence-corrected chi connectivity index (χ4v) is 3.22. The van der Waals surface area contributed by atoms with Crippen LogP contribution in [0, 0.1) is 5.92 Å². The minimum Gasteiger partial charge on any atom is -0.480 e. The number of amides is 2. The number of carbonyl (C=O) groups is 3. The summed E-state index contributed by atoms with van der Waals surface area (Å²) < 4.78 is 0. The maximum Gasteiger partial charge on any atom is 0.326 e. The number of hydrogen-bond acceptors (Lipinski definition) is 5. The summed E-state index contributed by atoms with van der Waals surface area (Å²) >= 11 is 1.53. The van der Waals surface area contributed by atoms with Gasteiger partial charge in [0.05, 0.1) is 6.04 Å². The van der Waals surface area contributed by atoms with E-state index in [0.717, 1.165) is 12.8 Å². The van der Waals surface area contributed by atoms with Gasteiger partial charge in [0.25, 0.3) is 0 Å². The number of nitrogens with two attached hydrogens (primary N) is 1. The number of nitrogens with one attached hydrogen (secondary N) is 1. The van der Waals surface area contributed by atoms with E-state index < -0.39 is 30.0 Å². The molecule has 1 aliphatic heterocycles. The molecule has 8 heteroatoms. The molecule has 0 saturated carbocycles. The van der Waals surface area contributed by atoms with Gasteiger partial charge in [-0.1, -0.05) is 20.3 Å². The second-order valence-electron chi connectivity index (χ2n) is 6.28. The van der Waals surface area contributed by atoms with Crippen molar-refractivity contribution in [3.05, 3.63) is 0 Å². The molecule has 1 rings (SSSR count). The Bertz CT molecular complexity index is 461. The van der Waals surface area contributed by atoms with Crippen molar-refractivity contribution in [2.24, 2.45) is 11.7 Å². The van der Waals surface area contributed by atoms with Crippen molar-refractivity contribution in [2.75, 3.05) is 18.6 Å². The van der Waals surface area contributed by atoms with E-state index in [1.165, 1.54) is 16.7 Å². The predicted molar refractivity (Wildman–Crippen MR) is 94.7 cm³/mol. The number of thioether (sulfide) groups is 1. The summed E-state index contributed by atoms with van der Waals surface area (Å²) in [6.07, 6.45) is 4.29. The van der Waals surface area contributed by atoms with Crippen molar-refractivity contribution in [2.45, 2.75) is 57.7 Å². The lowest BCUT2D eigenvalue weighted by Gasteiger charge is -2.29. The number of carboxylic acids is 1. The lowest BCUT2D eigenvalue weighted by molar-refractivity contribution is -0.144. The van der Waals surface area contributed by atoms with Crippen LogP contribution in [-0.4, -0.2) is 64.5 Å². The summed E-state index contributed by atoms with van der Waals surface area (Å²) in [4.78, 5) is 37.8. The third-order valence-corrected chi connectivity index (χ3v) is 5.25. The highest BCUT2D eigenvalue weighted by atomic mass is 32.2. The number of aliphatic carboxylic acids is 1. The summed E-state index contributed by atoms with van der Waals surface area (Å²) in [6.45, 7) is 4.37. The molecule has 0 unspecified atom stereocenters. The Hall–Kier alpha value is -1.28. The molecule has 1 fully saturated rings. The normalized spacial score (nSPS) is 21.2. The smallest absolute Gasteiger partial charge is 0.326 e. The highest BCUT2D eigenvalue weighted by molar-refractivity contribution is 7.98. The summed E-state index contributed by atoms with van der Waals surface area (Å²) in [7, 11) is 0. The molecule has 7 nitrogen and oxygen atoms in total. The van der Waals surface area contributed by atoms with E-state index in [1.54, 1.807) is 0 Å². The Kier molecular flexibility index (Phi) is 8.55. The van der Waals surface area contributed by atoms with Gasteiger partial charge in [0.15, 0.2) is 0 Å². The van der Waals surface area contributed by atoms with Gasteiger partial charge in [0.2, 0.25) is 11.8 Å². The third-order valence-electron chi connectivity index (χ3n) is 4.61. The van der Waals surface area contributed by atoms with Gasteiger partial charge in [-0.25, -0.2) is 4.79 Å². The molecule has 0 spiro atoms. The molecule has 0 aromatic heterocycles. The Morgan fingerprint density at radius 3 is 2.62 bits per heavy atom. The van der Waals surface area contributed by atoms with Crippen LogP contribution in [0.3, 0.4) is 0 Å². The van der Waals surface area contributed by atoms with Gasteiger partial charge < -0.3 is 21.1 Å². The first-order chi connectivity index (χ1) is 11.3. The van der Waals surface area contributed by atoms with Gasteiger partial charge in [-0.05, 0) is 37.2 Å². The fraction of sp³-hybridized carbons (Fsp3) is 0.812. The largest absolute Gasteiger partial charge is 0.480 e. The van der Waals surface area contributed by atoms with Crippen LogP contribution in [0.2, 0.25) is 0 Å². The van der Waals surface area contributed by atoms with E-state index in [0.29, 0.717) is 25.1 Å². The van der Waals surface area contributed by atoms with Crippen LogP contribution in [0.4, 0.5) is 0 Å². The molecular formula is C16H29N3O4S. The topological polar surface area (TPSA) is 113 Å². The zero-order valence-electron chi connectivity index (χ0n) is 14.7.